The van der Waals surface area contributed by atoms with Gasteiger partial charge in [0, 0.05) is 24.7 Å². The number of halogens is 5. The molecule has 1 aromatic heterocycles. The van der Waals surface area contributed by atoms with E-state index in [0.29, 0.717) is 27.4 Å². The summed E-state index contributed by atoms with van der Waals surface area (Å²) in [5.41, 5.74) is 6.61. The fourth-order valence-corrected chi connectivity index (χ4v) is 3.05. The van der Waals surface area contributed by atoms with E-state index in [2.05, 4.69) is 15.0 Å². The molecule has 2 aromatic rings. The lowest BCUT2D eigenvalue weighted by atomic mass is 10.1. The lowest BCUT2D eigenvalue weighted by Gasteiger charge is -2.30. The molecule has 0 radical (unpaired) electrons. The number of alkyl halides is 3. The molecule has 0 amide bonds. The van der Waals surface area contributed by atoms with E-state index in [-0.39, 0.29) is 11.9 Å². The number of benzene rings is 1. The minimum Gasteiger partial charge on any atom is -0.341 e. The van der Waals surface area contributed by atoms with Gasteiger partial charge in [0.15, 0.2) is 11.6 Å². The first-order chi connectivity index (χ1) is 11.7. The Bertz CT molecular complexity index is 771. The summed E-state index contributed by atoms with van der Waals surface area (Å²) in [7, 11) is 0. The van der Waals surface area contributed by atoms with E-state index in [1.165, 1.54) is 0 Å². The van der Waals surface area contributed by atoms with E-state index >= 15 is 0 Å². The van der Waals surface area contributed by atoms with Crippen LogP contribution in [0.4, 0.5) is 5.95 Å². The van der Waals surface area contributed by atoms with Crippen molar-refractivity contribution in [2.24, 2.45) is 5.73 Å². The summed E-state index contributed by atoms with van der Waals surface area (Å²) in [5, 5.41) is 0.826. The molecule has 3 rings (SSSR count). The molecule has 0 saturated carbocycles. The third-order valence-corrected chi connectivity index (χ3v) is 5.12. The molecule has 2 heterocycles. The Morgan fingerprint density at radius 3 is 2.28 bits per heavy atom. The van der Waals surface area contributed by atoms with Crippen LogP contribution in [0.2, 0.25) is 10.0 Å². The molecule has 10 heteroatoms. The highest BCUT2D eigenvalue weighted by molar-refractivity contribution is 6.66. The van der Waals surface area contributed by atoms with E-state index in [1.807, 2.05) is 4.90 Å². The highest BCUT2D eigenvalue weighted by Crippen LogP contribution is 2.37. The fourth-order valence-electron chi connectivity index (χ4n) is 2.50. The van der Waals surface area contributed by atoms with Gasteiger partial charge < -0.3 is 10.6 Å². The van der Waals surface area contributed by atoms with Crippen molar-refractivity contribution in [2.75, 3.05) is 18.0 Å². The number of rotatable bonds is 2. The quantitative estimate of drug-likeness (QED) is 0.690. The number of hydrogen-bond acceptors (Lipinski definition) is 5. The van der Waals surface area contributed by atoms with Crippen LogP contribution in [-0.2, 0) is 3.79 Å². The minimum absolute atomic E-state index is 0.0541. The Kier molecular flexibility index (Phi) is 5.83. The maximum absolute atomic E-state index is 6.09. The van der Waals surface area contributed by atoms with Crippen molar-refractivity contribution in [3.63, 3.8) is 0 Å². The maximum atomic E-state index is 6.09. The van der Waals surface area contributed by atoms with Crippen LogP contribution in [0.5, 0.6) is 0 Å². The molecular formula is C15H14Cl5N5. The first kappa shape index (κ1) is 19.2. The van der Waals surface area contributed by atoms with Crippen LogP contribution >= 0.6 is 58.0 Å². The molecular weight excluding hydrogens is 427 g/mol. The average Bonchev–Trinajstić information content (AvgIpc) is 2.57. The van der Waals surface area contributed by atoms with Gasteiger partial charge in [0.2, 0.25) is 9.74 Å². The van der Waals surface area contributed by atoms with E-state index in [4.69, 9.17) is 63.7 Å². The molecule has 1 aromatic carbocycles. The molecule has 2 N–H and O–H groups in total. The summed E-state index contributed by atoms with van der Waals surface area (Å²) >= 11 is 30.1. The van der Waals surface area contributed by atoms with Gasteiger partial charge in [-0.2, -0.15) is 9.97 Å². The molecule has 25 heavy (non-hydrogen) atoms. The Morgan fingerprint density at radius 1 is 1.00 bits per heavy atom. The molecule has 0 bridgehead atoms. The molecule has 1 aliphatic rings. The standard InChI is InChI=1S/C15H14Cl5N5/c16-10-2-1-8(7-11(10)17)12-22-13(15(18,19)20)24-14(23-12)25-5-3-9(21)4-6-25/h1-2,7,9H,3-6,21H2. The summed E-state index contributed by atoms with van der Waals surface area (Å²) in [6.45, 7) is 1.45. The number of piperidine rings is 1. The van der Waals surface area contributed by atoms with E-state index in [9.17, 15) is 0 Å². The fraction of sp³-hybridized carbons (Fsp3) is 0.400. The molecule has 1 aliphatic heterocycles. The summed E-state index contributed by atoms with van der Waals surface area (Å²) < 4.78 is -1.77. The van der Waals surface area contributed by atoms with Crippen LogP contribution in [0, 0.1) is 0 Å². The van der Waals surface area contributed by atoms with Crippen molar-refractivity contribution in [3.05, 3.63) is 34.1 Å². The SMILES string of the molecule is NC1CCN(c2nc(-c3ccc(Cl)c(Cl)c3)nc(C(Cl)(Cl)Cl)n2)CC1. The predicted octanol–water partition coefficient (Wildman–Crippen LogP) is 4.60. The van der Waals surface area contributed by atoms with Gasteiger partial charge in [-0.3, -0.25) is 0 Å². The zero-order valence-electron chi connectivity index (χ0n) is 12.9. The maximum Gasteiger partial charge on any atom is 0.250 e. The summed E-state index contributed by atoms with van der Waals surface area (Å²) in [6, 6.07) is 5.26. The second-order valence-electron chi connectivity index (χ2n) is 5.73. The lowest BCUT2D eigenvalue weighted by Crippen LogP contribution is -2.40. The Balaban J connectivity index is 2.05. The number of hydrogen-bond donors (Lipinski definition) is 1. The number of nitrogens with two attached hydrogens (primary N) is 1. The van der Waals surface area contributed by atoms with Crippen LogP contribution < -0.4 is 10.6 Å². The van der Waals surface area contributed by atoms with Gasteiger partial charge in [0.25, 0.3) is 0 Å². The molecule has 5 nitrogen and oxygen atoms in total. The van der Waals surface area contributed by atoms with Gasteiger partial charge in [-0.15, -0.1) is 0 Å². The first-order valence-electron chi connectivity index (χ1n) is 7.53. The van der Waals surface area contributed by atoms with Crippen LogP contribution in [0.15, 0.2) is 18.2 Å². The molecule has 0 aliphatic carbocycles. The van der Waals surface area contributed by atoms with Crippen molar-refractivity contribution in [1.29, 1.82) is 0 Å². The largest absolute Gasteiger partial charge is 0.341 e. The van der Waals surface area contributed by atoms with Gasteiger partial charge in [-0.25, -0.2) is 4.98 Å². The summed E-state index contributed by atoms with van der Waals surface area (Å²) in [4.78, 5) is 15.1. The predicted molar refractivity (Wildman–Crippen MR) is 104 cm³/mol. The van der Waals surface area contributed by atoms with Gasteiger partial charge in [0.05, 0.1) is 10.0 Å². The van der Waals surface area contributed by atoms with Crippen LogP contribution in [-0.4, -0.2) is 34.1 Å². The van der Waals surface area contributed by atoms with E-state index < -0.39 is 3.79 Å². The molecule has 1 fully saturated rings. The third-order valence-electron chi connectivity index (χ3n) is 3.88. The number of anilines is 1. The van der Waals surface area contributed by atoms with Gasteiger partial charge >= 0.3 is 0 Å². The highest BCUT2D eigenvalue weighted by Gasteiger charge is 2.30. The molecule has 1 saturated heterocycles. The highest BCUT2D eigenvalue weighted by atomic mass is 35.6. The topological polar surface area (TPSA) is 67.9 Å². The van der Waals surface area contributed by atoms with E-state index in [0.717, 1.165) is 25.9 Å². The Hall–Kier alpha value is -0.560. The molecule has 0 unspecified atom stereocenters. The van der Waals surface area contributed by atoms with Gasteiger partial charge in [-0.1, -0.05) is 58.0 Å². The minimum atomic E-state index is -1.77. The number of aromatic nitrogens is 3. The van der Waals surface area contributed by atoms with Crippen molar-refractivity contribution < 1.29 is 0 Å². The van der Waals surface area contributed by atoms with Gasteiger partial charge in [-0.05, 0) is 31.0 Å². The van der Waals surface area contributed by atoms with E-state index in [1.54, 1.807) is 18.2 Å². The molecule has 0 spiro atoms. The van der Waals surface area contributed by atoms with Crippen molar-refractivity contribution in [2.45, 2.75) is 22.7 Å². The first-order valence-corrected chi connectivity index (χ1v) is 9.42. The van der Waals surface area contributed by atoms with Crippen LogP contribution in [0.25, 0.3) is 11.4 Å². The molecule has 134 valence electrons. The zero-order valence-corrected chi connectivity index (χ0v) is 16.7. The smallest absolute Gasteiger partial charge is 0.250 e. The second-order valence-corrected chi connectivity index (χ2v) is 8.83. The zero-order chi connectivity index (χ0) is 18.2. The summed E-state index contributed by atoms with van der Waals surface area (Å²) in [6.07, 6.45) is 1.69. The monoisotopic (exact) mass is 439 g/mol. The number of nitrogens with zero attached hydrogens (tertiary/aromatic N) is 4. The Labute approximate surface area is 170 Å². The molecule has 0 atom stereocenters. The normalized spacial score (nSPS) is 16.3. The third kappa shape index (κ3) is 4.59. The van der Waals surface area contributed by atoms with Gasteiger partial charge in [0.1, 0.15) is 0 Å². The Morgan fingerprint density at radius 2 is 1.68 bits per heavy atom. The van der Waals surface area contributed by atoms with Crippen molar-refractivity contribution >= 4 is 64.0 Å². The van der Waals surface area contributed by atoms with Crippen molar-refractivity contribution in [1.82, 2.24) is 15.0 Å². The second kappa shape index (κ2) is 7.59. The summed E-state index contributed by atoms with van der Waals surface area (Å²) in [5.74, 6) is 0.863. The van der Waals surface area contributed by atoms with Crippen LogP contribution in [0.1, 0.15) is 18.7 Å². The van der Waals surface area contributed by atoms with Crippen molar-refractivity contribution in [3.8, 4) is 11.4 Å². The lowest BCUT2D eigenvalue weighted by molar-refractivity contribution is 0.494. The van der Waals surface area contributed by atoms with Crippen LogP contribution in [0.3, 0.4) is 0 Å². The average molecular weight is 442 g/mol.